The van der Waals surface area contributed by atoms with Gasteiger partial charge in [0.15, 0.2) is 0 Å². The molecule has 1 aromatic rings. The molecular formula is C14H25N3O. The predicted octanol–water partition coefficient (Wildman–Crippen LogP) is 3.13. The van der Waals surface area contributed by atoms with Crippen LogP contribution in [0.4, 0.5) is 11.5 Å². The number of hydrogen-bond donors (Lipinski definition) is 2. The Morgan fingerprint density at radius 3 is 2.83 bits per heavy atom. The van der Waals surface area contributed by atoms with Gasteiger partial charge in [0.25, 0.3) is 0 Å². The minimum Gasteiger partial charge on any atom is -0.385 e. The number of aromatic nitrogens is 1. The molecule has 1 aromatic heterocycles. The molecular weight excluding hydrogens is 226 g/mol. The van der Waals surface area contributed by atoms with E-state index >= 15 is 0 Å². The van der Waals surface area contributed by atoms with Crippen molar-refractivity contribution in [3.8, 4) is 0 Å². The van der Waals surface area contributed by atoms with E-state index in [-0.39, 0.29) is 0 Å². The second kappa shape index (κ2) is 9.71. The molecule has 1 heterocycles. The quantitative estimate of drug-likeness (QED) is 0.627. The molecule has 0 aliphatic rings. The molecule has 0 aliphatic carbocycles. The van der Waals surface area contributed by atoms with Gasteiger partial charge in [-0.25, -0.2) is 4.98 Å². The summed E-state index contributed by atoms with van der Waals surface area (Å²) in [5.74, 6) is 0.946. The highest BCUT2D eigenvalue weighted by Crippen LogP contribution is 2.12. The maximum Gasteiger partial charge on any atom is 0.127 e. The lowest BCUT2D eigenvalue weighted by Crippen LogP contribution is -2.05. The number of nitrogens with zero attached hydrogens (tertiary/aromatic N) is 1. The van der Waals surface area contributed by atoms with E-state index in [1.165, 1.54) is 12.8 Å². The van der Waals surface area contributed by atoms with Gasteiger partial charge in [-0.15, -0.1) is 0 Å². The summed E-state index contributed by atoms with van der Waals surface area (Å²) in [5, 5.41) is 6.70. The molecule has 0 amide bonds. The van der Waals surface area contributed by atoms with E-state index in [0.29, 0.717) is 0 Å². The predicted molar refractivity (Wildman–Crippen MR) is 77.2 cm³/mol. The monoisotopic (exact) mass is 251 g/mol. The van der Waals surface area contributed by atoms with Gasteiger partial charge in [-0.2, -0.15) is 0 Å². The molecule has 0 saturated carbocycles. The summed E-state index contributed by atoms with van der Waals surface area (Å²) < 4.78 is 5.02. The maximum absolute atomic E-state index is 5.02. The lowest BCUT2D eigenvalue weighted by molar-refractivity contribution is 0.192. The van der Waals surface area contributed by atoms with E-state index in [2.05, 4.69) is 28.6 Å². The van der Waals surface area contributed by atoms with E-state index in [1.807, 2.05) is 12.3 Å². The highest BCUT2D eigenvalue weighted by Gasteiger charge is 1.96. The van der Waals surface area contributed by atoms with Crippen LogP contribution in [-0.2, 0) is 4.74 Å². The molecule has 0 spiro atoms. The summed E-state index contributed by atoms with van der Waals surface area (Å²) in [6.07, 6.45) is 6.46. The Labute approximate surface area is 110 Å². The van der Waals surface area contributed by atoms with Gasteiger partial charge < -0.3 is 15.4 Å². The van der Waals surface area contributed by atoms with Gasteiger partial charge in [0.05, 0.1) is 0 Å². The number of nitrogens with one attached hydrogen (secondary N) is 2. The summed E-state index contributed by atoms with van der Waals surface area (Å²) in [6.45, 7) is 4.98. The molecule has 0 radical (unpaired) electrons. The van der Waals surface area contributed by atoms with Crippen LogP contribution in [0.2, 0.25) is 0 Å². The molecule has 2 N–H and O–H groups in total. The number of anilines is 2. The fourth-order valence-corrected chi connectivity index (χ4v) is 1.67. The minimum absolute atomic E-state index is 0.861. The van der Waals surface area contributed by atoms with Gasteiger partial charge in [0.1, 0.15) is 5.82 Å². The Bertz CT molecular complexity index is 318. The van der Waals surface area contributed by atoms with Crippen LogP contribution in [0.1, 0.15) is 32.6 Å². The second-order valence-electron chi connectivity index (χ2n) is 4.34. The van der Waals surface area contributed by atoms with Crippen LogP contribution in [0.5, 0.6) is 0 Å². The third-order valence-electron chi connectivity index (χ3n) is 2.67. The fraction of sp³-hybridized carbons (Fsp3) is 0.643. The fourth-order valence-electron chi connectivity index (χ4n) is 1.67. The van der Waals surface area contributed by atoms with Crippen LogP contribution in [0.25, 0.3) is 0 Å². The molecule has 0 aliphatic heterocycles. The standard InChI is InChI=1S/C14H25N3O/c1-3-8-16-14-12-13(7-10-17-14)15-9-5-4-6-11-18-2/h7,10,12H,3-6,8-9,11H2,1-2H3,(H2,15,16,17). The first-order chi connectivity index (χ1) is 8.86. The van der Waals surface area contributed by atoms with Crippen molar-refractivity contribution in [1.82, 2.24) is 4.98 Å². The third-order valence-corrected chi connectivity index (χ3v) is 2.67. The Morgan fingerprint density at radius 2 is 2.06 bits per heavy atom. The number of unbranched alkanes of at least 4 members (excludes halogenated alkanes) is 2. The smallest absolute Gasteiger partial charge is 0.127 e. The van der Waals surface area contributed by atoms with E-state index in [0.717, 1.165) is 44.0 Å². The summed E-state index contributed by atoms with van der Waals surface area (Å²) in [7, 11) is 1.75. The third kappa shape index (κ3) is 6.45. The van der Waals surface area contributed by atoms with Crippen LogP contribution >= 0.6 is 0 Å². The lowest BCUT2D eigenvalue weighted by Gasteiger charge is -2.08. The second-order valence-corrected chi connectivity index (χ2v) is 4.34. The molecule has 4 heteroatoms. The average Bonchev–Trinajstić information content (AvgIpc) is 2.41. The average molecular weight is 251 g/mol. The highest BCUT2D eigenvalue weighted by atomic mass is 16.5. The van der Waals surface area contributed by atoms with Gasteiger partial charge in [-0.1, -0.05) is 6.92 Å². The van der Waals surface area contributed by atoms with Gasteiger partial charge in [0.2, 0.25) is 0 Å². The van der Waals surface area contributed by atoms with Crippen LogP contribution < -0.4 is 10.6 Å². The van der Waals surface area contributed by atoms with E-state index in [9.17, 15) is 0 Å². The van der Waals surface area contributed by atoms with Crippen molar-refractivity contribution >= 4 is 11.5 Å². The molecule has 0 atom stereocenters. The van der Waals surface area contributed by atoms with Crippen molar-refractivity contribution in [3.63, 3.8) is 0 Å². The molecule has 4 nitrogen and oxygen atoms in total. The maximum atomic E-state index is 5.02. The SMILES string of the molecule is CCCNc1cc(NCCCCCOC)ccn1. The molecule has 1 rings (SSSR count). The highest BCUT2D eigenvalue weighted by molar-refractivity contribution is 5.51. The molecule has 18 heavy (non-hydrogen) atoms. The van der Waals surface area contributed by atoms with Crippen molar-refractivity contribution in [2.45, 2.75) is 32.6 Å². The first-order valence-corrected chi connectivity index (χ1v) is 6.79. The first kappa shape index (κ1) is 14.8. The van der Waals surface area contributed by atoms with Crippen LogP contribution in [0.3, 0.4) is 0 Å². The molecule has 0 bridgehead atoms. The summed E-state index contributed by atoms with van der Waals surface area (Å²) in [5.41, 5.74) is 1.13. The number of pyridine rings is 1. The van der Waals surface area contributed by atoms with Crippen molar-refractivity contribution in [3.05, 3.63) is 18.3 Å². The molecule has 102 valence electrons. The first-order valence-electron chi connectivity index (χ1n) is 6.79. The topological polar surface area (TPSA) is 46.2 Å². The minimum atomic E-state index is 0.861. The number of rotatable bonds is 10. The summed E-state index contributed by atoms with van der Waals surface area (Å²) in [4.78, 5) is 4.28. The normalized spacial score (nSPS) is 10.3. The van der Waals surface area contributed by atoms with E-state index in [4.69, 9.17) is 4.74 Å². The van der Waals surface area contributed by atoms with Crippen LogP contribution in [-0.4, -0.2) is 31.8 Å². The Hall–Kier alpha value is -1.29. The molecule has 0 aromatic carbocycles. The van der Waals surface area contributed by atoms with Crippen LogP contribution in [0.15, 0.2) is 18.3 Å². The zero-order valence-corrected chi connectivity index (χ0v) is 11.5. The summed E-state index contributed by atoms with van der Waals surface area (Å²) >= 11 is 0. The lowest BCUT2D eigenvalue weighted by atomic mass is 10.2. The van der Waals surface area contributed by atoms with E-state index in [1.54, 1.807) is 7.11 Å². The van der Waals surface area contributed by atoms with Gasteiger partial charge in [-0.05, 0) is 31.7 Å². The number of ether oxygens (including phenoxy) is 1. The largest absolute Gasteiger partial charge is 0.385 e. The van der Waals surface area contributed by atoms with Crippen molar-refractivity contribution < 1.29 is 4.74 Å². The zero-order chi connectivity index (χ0) is 13.1. The zero-order valence-electron chi connectivity index (χ0n) is 11.5. The number of methoxy groups -OCH3 is 1. The summed E-state index contributed by atoms with van der Waals surface area (Å²) in [6, 6.07) is 4.07. The van der Waals surface area contributed by atoms with Crippen molar-refractivity contribution in [1.29, 1.82) is 0 Å². The van der Waals surface area contributed by atoms with Crippen molar-refractivity contribution in [2.75, 3.05) is 37.4 Å². The Morgan fingerprint density at radius 1 is 1.17 bits per heavy atom. The Kier molecular flexibility index (Phi) is 7.97. The van der Waals surface area contributed by atoms with Crippen LogP contribution in [0, 0.1) is 0 Å². The van der Waals surface area contributed by atoms with Gasteiger partial charge in [-0.3, -0.25) is 0 Å². The molecule has 0 unspecified atom stereocenters. The number of hydrogen-bond acceptors (Lipinski definition) is 4. The molecule has 0 fully saturated rings. The van der Waals surface area contributed by atoms with Crippen molar-refractivity contribution in [2.24, 2.45) is 0 Å². The van der Waals surface area contributed by atoms with Gasteiger partial charge >= 0.3 is 0 Å². The van der Waals surface area contributed by atoms with Gasteiger partial charge in [0, 0.05) is 44.8 Å². The van der Waals surface area contributed by atoms with E-state index < -0.39 is 0 Å². The molecule has 0 saturated heterocycles. The Balaban J connectivity index is 2.20.